The summed E-state index contributed by atoms with van der Waals surface area (Å²) in [4.78, 5) is 39.5. The third-order valence-electron chi connectivity index (χ3n) is 5.73. The Morgan fingerprint density at radius 3 is 2.53 bits per heavy atom. The molecule has 3 rings (SSSR count). The number of rotatable bonds is 10. The lowest BCUT2D eigenvalue weighted by molar-refractivity contribution is -0.210. The maximum Gasteiger partial charge on any atom is 0.400 e. The lowest BCUT2D eigenvalue weighted by Gasteiger charge is -2.26. The number of hydrogen-bond acceptors (Lipinski definition) is 6. The molecule has 0 atom stereocenters. The van der Waals surface area contributed by atoms with E-state index in [2.05, 4.69) is 26.9 Å². The summed E-state index contributed by atoms with van der Waals surface area (Å²) in [5.74, 6) is -0.234. The van der Waals surface area contributed by atoms with Crippen molar-refractivity contribution in [2.24, 2.45) is 5.41 Å². The van der Waals surface area contributed by atoms with Gasteiger partial charge in [0, 0.05) is 29.8 Å². The first-order chi connectivity index (χ1) is 16.9. The molecule has 3 aromatic rings. The first kappa shape index (κ1) is 27.3. The minimum atomic E-state index is -4.64. The zero-order chi connectivity index (χ0) is 26.5. The number of pyridine rings is 1. The van der Waals surface area contributed by atoms with E-state index in [0.29, 0.717) is 29.2 Å². The Kier molecular flexibility index (Phi) is 8.50. The Morgan fingerprint density at radius 1 is 1.14 bits per heavy atom. The lowest BCUT2D eigenvalue weighted by atomic mass is 9.84. The number of carbonyl (C=O) groups is 1. The molecule has 0 aliphatic carbocycles. The van der Waals surface area contributed by atoms with Crippen molar-refractivity contribution in [3.63, 3.8) is 0 Å². The smallest absolute Gasteiger partial charge is 0.400 e. The Balaban J connectivity index is 1.84. The summed E-state index contributed by atoms with van der Waals surface area (Å²) in [5, 5.41) is 0.263. The van der Waals surface area contributed by atoms with E-state index >= 15 is 0 Å². The molecular formula is C25H26ClF3N4O3. The molecule has 0 fully saturated rings. The summed E-state index contributed by atoms with van der Waals surface area (Å²) in [6.07, 6.45) is -1.50. The number of unbranched alkanes of at least 4 members (excludes halogenated alkanes) is 1. The molecule has 0 spiro atoms. The molecule has 0 bridgehead atoms. The zero-order valence-corrected chi connectivity index (χ0v) is 20.8. The highest BCUT2D eigenvalue weighted by Crippen LogP contribution is 2.39. The third-order valence-corrected chi connectivity index (χ3v) is 6.05. The molecule has 2 aromatic heterocycles. The number of nitrogens with zero attached hydrogens (tertiary/aromatic N) is 3. The van der Waals surface area contributed by atoms with Crippen molar-refractivity contribution in [2.75, 3.05) is 6.61 Å². The van der Waals surface area contributed by atoms with Gasteiger partial charge >= 0.3 is 11.9 Å². The summed E-state index contributed by atoms with van der Waals surface area (Å²) in [6.45, 7) is 4.34. The zero-order valence-electron chi connectivity index (χ0n) is 20.1. The van der Waals surface area contributed by atoms with E-state index in [9.17, 15) is 22.8 Å². The van der Waals surface area contributed by atoms with Gasteiger partial charge in [0.15, 0.2) is 5.82 Å². The van der Waals surface area contributed by atoms with Crippen molar-refractivity contribution in [2.45, 2.75) is 52.6 Å². The Labute approximate surface area is 211 Å². The minimum Gasteiger partial charge on any atom is -0.478 e. The SMILES string of the molecule is CCCCOc1ccc(-c2nc(-c3cc(CCC(=O)C(C)(C)C(F)(F)F)ccc3Cl)[nH]c(=O)n2)cn1. The summed E-state index contributed by atoms with van der Waals surface area (Å²) >= 11 is 6.33. The molecule has 192 valence electrons. The van der Waals surface area contributed by atoms with Crippen LogP contribution in [0, 0.1) is 5.41 Å². The highest BCUT2D eigenvalue weighted by molar-refractivity contribution is 6.33. The summed E-state index contributed by atoms with van der Waals surface area (Å²) in [7, 11) is 0. The number of benzene rings is 1. The van der Waals surface area contributed by atoms with Gasteiger partial charge in [-0.15, -0.1) is 0 Å². The van der Waals surface area contributed by atoms with E-state index in [1.807, 2.05) is 0 Å². The average molecular weight is 523 g/mol. The normalized spacial score (nSPS) is 12.0. The number of halogens is 4. The van der Waals surface area contributed by atoms with Crippen LogP contribution in [-0.2, 0) is 11.2 Å². The maximum absolute atomic E-state index is 13.2. The molecule has 0 saturated carbocycles. The first-order valence-electron chi connectivity index (χ1n) is 11.4. The number of ketones is 1. The van der Waals surface area contributed by atoms with Gasteiger partial charge in [-0.05, 0) is 50.5 Å². The molecule has 0 aliphatic rings. The van der Waals surface area contributed by atoms with Crippen molar-refractivity contribution < 1.29 is 22.7 Å². The van der Waals surface area contributed by atoms with Crippen molar-refractivity contribution in [1.82, 2.24) is 19.9 Å². The van der Waals surface area contributed by atoms with Crippen LogP contribution in [0.3, 0.4) is 0 Å². The fraction of sp³-hybridized carbons (Fsp3) is 0.400. The number of aromatic nitrogens is 4. The van der Waals surface area contributed by atoms with Crippen molar-refractivity contribution in [1.29, 1.82) is 0 Å². The third kappa shape index (κ3) is 6.48. The van der Waals surface area contributed by atoms with E-state index in [1.54, 1.807) is 24.3 Å². The molecule has 7 nitrogen and oxygen atoms in total. The van der Waals surface area contributed by atoms with Gasteiger partial charge in [-0.3, -0.25) is 9.78 Å². The van der Waals surface area contributed by atoms with Crippen LogP contribution in [0.15, 0.2) is 41.3 Å². The van der Waals surface area contributed by atoms with Gasteiger partial charge in [-0.2, -0.15) is 18.2 Å². The number of H-pyrrole nitrogens is 1. The first-order valence-corrected chi connectivity index (χ1v) is 11.8. The van der Waals surface area contributed by atoms with Crippen molar-refractivity contribution in [3.8, 4) is 28.7 Å². The highest BCUT2D eigenvalue weighted by Gasteiger charge is 2.51. The Morgan fingerprint density at radius 2 is 1.89 bits per heavy atom. The van der Waals surface area contributed by atoms with Crippen molar-refractivity contribution >= 4 is 17.4 Å². The van der Waals surface area contributed by atoms with Crippen molar-refractivity contribution in [3.05, 3.63) is 57.6 Å². The molecule has 0 unspecified atom stereocenters. The predicted molar refractivity (Wildman–Crippen MR) is 130 cm³/mol. The average Bonchev–Trinajstić information content (AvgIpc) is 2.82. The van der Waals surface area contributed by atoms with E-state index in [1.165, 1.54) is 12.3 Å². The van der Waals surface area contributed by atoms with Crippen LogP contribution in [-0.4, -0.2) is 38.5 Å². The quantitative estimate of drug-likeness (QED) is 0.337. The van der Waals surface area contributed by atoms with Crippen LogP contribution in [0.1, 0.15) is 45.6 Å². The number of nitrogens with one attached hydrogen (secondary N) is 1. The minimum absolute atomic E-state index is 0.0636. The lowest BCUT2D eigenvalue weighted by Crippen LogP contribution is -2.39. The molecular weight excluding hydrogens is 497 g/mol. The van der Waals surface area contributed by atoms with Gasteiger partial charge < -0.3 is 4.74 Å². The van der Waals surface area contributed by atoms with Gasteiger partial charge in [0.1, 0.15) is 17.0 Å². The van der Waals surface area contributed by atoms with Crippen LogP contribution >= 0.6 is 11.6 Å². The second-order valence-corrected chi connectivity index (χ2v) is 9.18. The Hall–Kier alpha value is -3.27. The van der Waals surface area contributed by atoms with Gasteiger partial charge in [0.2, 0.25) is 5.88 Å². The van der Waals surface area contributed by atoms with E-state index in [0.717, 1.165) is 26.7 Å². The van der Waals surface area contributed by atoms with E-state index in [4.69, 9.17) is 16.3 Å². The maximum atomic E-state index is 13.2. The van der Waals surface area contributed by atoms with E-state index < -0.39 is 23.1 Å². The second-order valence-electron chi connectivity index (χ2n) is 8.77. The molecule has 36 heavy (non-hydrogen) atoms. The van der Waals surface area contributed by atoms with E-state index in [-0.39, 0.29) is 29.5 Å². The van der Waals surface area contributed by atoms with Crippen LogP contribution in [0.25, 0.3) is 22.8 Å². The fourth-order valence-corrected chi connectivity index (χ4v) is 3.40. The van der Waals surface area contributed by atoms with Gasteiger partial charge in [-0.25, -0.2) is 14.8 Å². The van der Waals surface area contributed by atoms with Gasteiger partial charge in [-0.1, -0.05) is 31.0 Å². The molecule has 0 saturated heterocycles. The number of aryl methyl sites for hydroxylation is 1. The van der Waals surface area contributed by atoms with Crippen LogP contribution in [0.4, 0.5) is 13.2 Å². The molecule has 0 amide bonds. The number of aromatic amines is 1. The topological polar surface area (TPSA) is 97.8 Å². The number of ether oxygens (including phenoxy) is 1. The van der Waals surface area contributed by atoms with Crippen LogP contribution in [0.5, 0.6) is 5.88 Å². The molecule has 1 N–H and O–H groups in total. The predicted octanol–water partition coefficient (Wildman–Crippen LogP) is 5.82. The summed E-state index contributed by atoms with van der Waals surface area (Å²) in [5.41, 5.74) is -1.71. The number of carbonyl (C=O) groups excluding carboxylic acids is 1. The molecule has 0 radical (unpaired) electrons. The second kappa shape index (κ2) is 11.2. The summed E-state index contributed by atoms with van der Waals surface area (Å²) in [6, 6.07) is 8.07. The number of alkyl halides is 3. The molecule has 11 heteroatoms. The number of hydrogen-bond donors (Lipinski definition) is 1. The van der Waals surface area contributed by atoms with Gasteiger partial charge in [0.25, 0.3) is 0 Å². The fourth-order valence-electron chi connectivity index (χ4n) is 3.20. The highest BCUT2D eigenvalue weighted by atomic mass is 35.5. The molecule has 1 aromatic carbocycles. The largest absolute Gasteiger partial charge is 0.478 e. The van der Waals surface area contributed by atoms with Crippen LogP contribution in [0.2, 0.25) is 5.02 Å². The monoisotopic (exact) mass is 522 g/mol. The van der Waals surface area contributed by atoms with Gasteiger partial charge in [0.05, 0.1) is 11.6 Å². The standard InChI is InChI=1S/C25H26ClF3N4O3/c1-4-5-12-36-20-11-8-16(14-30-20)21-31-22(33-23(35)32-21)17-13-15(6-9-18(17)26)7-10-19(34)24(2,3)25(27,28)29/h6,8-9,11,13-14H,4-5,7,10,12H2,1-3H3,(H,31,32,33,35). The molecule has 2 heterocycles. The molecule has 0 aliphatic heterocycles. The summed E-state index contributed by atoms with van der Waals surface area (Å²) < 4.78 is 45.0. The Bertz CT molecular complexity index is 1270. The number of Topliss-reactive ketones (excluding diaryl/α,β-unsaturated/α-hetero) is 1. The van der Waals surface area contributed by atoms with Crippen LogP contribution < -0.4 is 10.4 Å².